The molecule has 0 radical (unpaired) electrons. The molecule has 0 aromatic heterocycles. The number of hydrogen-bond donors (Lipinski definition) is 1. The smallest absolute Gasteiger partial charge is 0.0424 e. The Morgan fingerprint density at radius 3 is 3.05 bits per heavy atom. The maximum Gasteiger partial charge on any atom is 0.0424 e. The van der Waals surface area contributed by atoms with E-state index < -0.39 is 0 Å². The van der Waals surface area contributed by atoms with Gasteiger partial charge in [-0.2, -0.15) is 0 Å². The predicted octanol–water partition coefficient (Wildman–Crippen LogP) is 3.23. The summed E-state index contributed by atoms with van der Waals surface area (Å²) in [4.78, 5) is 5.27. The second kappa shape index (κ2) is 7.12. The van der Waals surface area contributed by atoms with E-state index in [9.17, 15) is 0 Å². The minimum absolute atomic E-state index is 0.772. The zero-order valence-electron chi connectivity index (χ0n) is 12.9. The van der Waals surface area contributed by atoms with Gasteiger partial charge in [-0.1, -0.05) is 28.9 Å². The number of rotatable bonds is 5. The molecule has 2 fully saturated rings. The first-order chi connectivity index (χ1) is 10.3. The summed E-state index contributed by atoms with van der Waals surface area (Å²) in [6.45, 7) is 9.16. The van der Waals surface area contributed by atoms with Crippen LogP contribution in [0, 0.1) is 0 Å². The van der Waals surface area contributed by atoms with Gasteiger partial charge in [0, 0.05) is 42.4 Å². The van der Waals surface area contributed by atoms with Crippen LogP contribution in [0.15, 0.2) is 22.7 Å². The maximum absolute atomic E-state index is 3.64. The van der Waals surface area contributed by atoms with E-state index in [2.05, 4.69) is 56.2 Å². The van der Waals surface area contributed by atoms with E-state index >= 15 is 0 Å². The number of fused-ring (bicyclic) bond motifs is 1. The van der Waals surface area contributed by atoms with Crippen LogP contribution in [0.1, 0.15) is 31.7 Å². The fourth-order valence-electron chi connectivity index (χ4n) is 3.59. The Hall–Kier alpha value is -0.580. The first-order valence-electron chi connectivity index (χ1n) is 8.26. The summed E-state index contributed by atoms with van der Waals surface area (Å²) >= 11 is 3.64. The van der Waals surface area contributed by atoms with E-state index in [1.54, 1.807) is 0 Å². The van der Waals surface area contributed by atoms with E-state index in [0.29, 0.717) is 0 Å². The largest absolute Gasteiger partial charge is 0.368 e. The van der Waals surface area contributed by atoms with Crippen molar-refractivity contribution in [1.82, 2.24) is 10.2 Å². The van der Waals surface area contributed by atoms with Gasteiger partial charge in [-0.05, 0) is 50.0 Å². The first-order valence-corrected chi connectivity index (χ1v) is 9.05. The molecular weight excluding hydrogens is 326 g/mol. The SMILES string of the molecule is CCCNCc1ccc(Br)cc1N1CCN2CCCC2C1. The van der Waals surface area contributed by atoms with Crippen LogP contribution in [0.4, 0.5) is 5.69 Å². The molecule has 1 aromatic rings. The molecule has 2 saturated heterocycles. The summed E-state index contributed by atoms with van der Waals surface area (Å²) in [5.41, 5.74) is 2.85. The number of benzene rings is 1. The molecule has 1 aromatic carbocycles. The molecule has 1 N–H and O–H groups in total. The lowest BCUT2D eigenvalue weighted by molar-refractivity contribution is 0.231. The van der Waals surface area contributed by atoms with Crippen molar-refractivity contribution < 1.29 is 0 Å². The summed E-state index contributed by atoms with van der Waals surface area (Å²) in [6, 6.07) is 7.50. The molecule has 0 bridgehead atoms. The van der Waals surface area contributed by atoms with Crippen LogP contribution in [-0.4, -0.2) is 43.7 Å². The Bertz CT molecular complexity index is 477. The van der Waals surface area contributed by atoms with Gasteiger partial charge in [0.2, 0.25) is 0 Å². The number of halogens is 1. The van der Waals surface area contributed by atoms with Crippen LogP contribution in [-0.2, 0) is 6.54 Å². The highest BCUT2D eigenvalue weighted by atomic mass is 79.9. The highest BCUT2D eigenvalue weighted by Gasteiger charge is 2.31. The Morgan fingerprint density at radius 2 is 2.19 bits per heavy atom. The zero-order chi connectivity index (χ0) is 14.7. The van der Waals surface area contributed by atoms with Crippen LogP contribution in [0.5, 0.6) is 0 Å². The molecule has 4 heteroatoms. The van der Waals surface area contributed by atoms with Gasteiger partial charge in [-0.3, -0.25) is 4.90 Å². The molecule has 2 heterocycles. The van der Waals surface area contributed by atoms with Gasteiger partial charge in [0.05, 0.1) is 0 Å². The molecule has 2 aliphatic heterocycles. The fourth-order valence-corrected chi connectivity index (χ4v) is 3.94. The number of piperazine rings is 1. The number of nitrogens with zero attached hydrogens (tertiary/aromatic N) is 2. The molecule has 0 aliphatic carbocycles. The highest BCUT2D eigenvalue weighted by Crippen LogP contribution is 2.30. The molecule has 3 rings (SSSR count). The van der Waals surface area contributed by atoms with Crippen molar-refractivity contribution in [3.8, 4) is 0 Å². The van der Waals surface area contributed by atoms with Crippen molar-refractivity contribution in [1.29, 1.82) is 0 Å². The maximum atomic E-state index is 3.64. The number of hydrogen-bond acceptors (Lipinski definition) is 3. The number of anilines is 1. The topological polar surface area (TPSA) is 18.5 Å². The molecule has 0 saturated carbocycles. The van der Waals surface area contributed by atoms with Crippen molar-refractivity contribution in [3.05, 3.63) is 28.2 Å². The van der Waals surface area contributed by atoms with E-state index in [-0.39, 0.29) is 0 Å². The van der Waals surface area contributed by atoms with Gasteiger partial charge in [0.15, 0.2) is 0 Å². The third kappa shape index (κ3) is 3.61. The van der Waals surface area contributed by atoms with Crippen LogP contribution in [0.25, 0.3) is 0 Å². The Balaban J connectivity index is 1.74. The number of nitrogens with one attached hydrogen (secondary N) is 1. The van der Waals surface area contributed by atoms with Crippen molar-refractivity contribution in [3.63, 3.8) is 0 Å². The van der Waals surface area contributed by atoms with Crippen molar-refractivity contribution >= 4 is 21.6 Å². The molecule has 0 spiro atoms. The molecule has 21 heavy (non-hydrogen) atoms. The zero-order valence-corrected chi connectivity index (χ0v) is 14.5. The van der Waals surface area contributed by atoms with Crippen LogP contribution in [0.3, 0.4) is 0 Å². The minimum Gasteiger partial charge on any atom is -0.368 e. The lowest BCUT2D eigenvalue weighted by Gasteiger charge is -2.39. The highest BCUT2D eigenvalue weighted by molar-refractivity contribution is 9.10. The van der Waals surface area contributed by atoms with Crippen LogP contribution < -0.4 is 10.2 Å². The second-order valence-corrected chi connectivity index (χ2v) is 7.14. The van der Waals surface area contributed by atoms with Gasteiger partial charge in [0.25, 0.3) is 0 Å². The van der Waals surface area contributed by atoms with Crippen molar-refractivity contribution in [2.75, 3.05) is 37.6 Å². The Kier molecular flexibility index (Phi) is 5.19. The lowest BCUT2D eigenvalue weighted by atomic mass is 10.1. The summed E-state index contributed by atoms with van der Waals surface area (Å²) < 4.78 is 1.19. The third-order valence-corrected chi connectivity index (χ3v) is 5.21. The van der Waals surface area contributed by atoms with Gasteiger partial charge in [-0.25, -0.2) is 0 Å². The van der Waals surface area contributed by atoms with Gasteiger partial charge < -0.3 is 10.2 Å². The standard InChI is InChI=1S/C17H26BrN3/c1-2-7-19-12-14-5-6-15(18)11-17(14)21-10-9-20-8-3-4-16(20)13-21/h5-6,11,16,19H,2-4,7-10,12-13H2,1H3. The molecular formula is C17H26BrN3. The molecule has 116 valence electrons. The quantitative estimate of drug-likeness (QED) is 0.821. The van der Waals surface area contributed by atoms with Gasteiger partial charge in [0.1, 0.15) is 0 Å². The normalized spacial score (nSPS) is 22.6. The van der Waals surface area contributed by atoms with E-state index in [0.717, 1.165) is 25.7 Å². The summed E-state index contributed by atoms with van der Waals surface area (Å²) in [7, 11) is 0. The summed E-state index contributed by atoms with van der Waals surface area (Å²) in [5.74, 6) is 0. The van der Waals surface area contributed by atoms with E-state index in [4.69, 9.17) is 0 Å². The second-order valence-electron chi connectivity index (χ2n) is 6.23. The molecule has 3 nitrogen and oxygen atoms in total. The van der Waals surface area contributed by atoms with Gasteiger partial charge in [-0.15, -0.1) is 0 Å². The van der Waals surface area contributed by atoms with Crippen LogP contribution >= 0.6 is 15.9 Å². The third-order valence-electron chi connectivity index (χ3n) is 4.72. The average molecular weight is 352 g/mol. The first kappa shape index (κ1) is 15.3. The summed E-state index contributed by atoms with van der Waals surface area (Å²) in [6.07, 6.45) is 3.93. The molecule has 2 aliphatic rings. The predicted molar refractivity (Wildman–Crippen MR) is 92.9 cm³/mol. The Labute approximate surface area is 136 Å². The monoisotopic (exact) mass is 351 g/mol. The summed E-state index contributed by atoms with van der Waals surface area (Å²) in [5, 5.41) is 3.54. The Morgan fingerprint density at radius 1 is 1.29 bits per heavy atom. The average Bonchev–Trinajstić information content (AvgIpc) is 2.96. The van der Waals surface area contributed by atoms with Crippen LogP contribution in [0.2, 0.25) is 0 Å². The van der Waals surface area contributed by atoms with E-state index in [1.165, 1.54) is 54.6 Å². The van der Waals surface area contributed by atoms with Crippen molar-refractivity contribution in [2.45, 2.75) is 38.8 Å². The molecule has 1 atom stereocenters. The van der Waals surface area contributed by atoms with E-state index in [1.807, 2.05) is 0 Å². The fraction of sp³-hybridized carbons (Fsp3) is 0.647. The molecule has 0 amide bonds. The lowest BCUT2D eigenvalue weighted by Crippen LogP contribution is -2.50. The molecule has 1 unspecified atom stereocenters. The minimum atomic E-state index is 0.772. The van der Waals surface area contributed by atoms with Crippen molar-refractivity contribution in [2.24, 2.45) is 0 Å². The van der Waals surface area contributed by atoms with Gasteiger partial charge >= 0.3 is 0 Å².